The number of amides is 1. The molecular weight excluding hydrogens is 444 g/mol. The van der Waals surface area contributed by atoms with Crippen LogP contribution in [0.15, 0.2) is 36.4 Å². The van der Waals surface area contributed by atoms with E-state index < -0.39 is 0 Å². The van der Waals surface area contributed by atoms with Crippen molar-refractivity contribution < 1.29 is 19.0 Å². The van der Waals surface area contributed by atoms with Gasteiger partial charge in [0.1, 0.15) is 0 Å². The second-order valence-electron chi connectivity index (χ2n) is 8.13. The minimum absolute atomic E-state index is 0.317. The highest BCUT2D eigenvalue weighted by molar-refractivity contribution is 6.09. The number of carbonyl (C=O) groups is 1. The lowest BCUT2D eigenvalue weighted by atomic mass is 10.1. The molecule has 4 rings (SSSR count). The van der Waals surface area contributed by atoms with Crippen molar-refractivity contribution >= 4 is 33.7 Å². The molecule has 0 unspecified atom stereocenters. The average Bonchev–Trinajstić information content (AvgIpc) is 3.16. The molecule has 2 heterocycles. The van der Waals surface area contributed by atoms with E-state index in [1.165, 1.54) is 0 Å². The number of nitrogens with one attached hydrogen (secondary N) is 1. The highest BCUT2D eigenvalue weighted by Gasteiger charge is 2.21. The molecule has 0 aliphatic heterocycles. The van der Waals surface area contributed by atoms with Gasteiger partial charge >= 0.3 is 0 Å². The van der Waals surface area contributed by atoms with E-state index in [2.05, 4.69) is 12.2 Å². The number of para-hydroxylation sites is 1. The maximum absolute atomic E-state index is 13.4. The van der Waals surface area contributed by atoms with Gasteiger partial charge in [0.15, 0.2) is 23.0 Å². The molecule has 8 heteroatoms. The van der Waals surface area contributed by atoms with E-state index in [1.54, 1.807) is 12.1 Å². The first-order valence-electron chi connectivity index (χ1n) is 12.1. The molecule has 0 radical (unpaired) electrons. The number of hydrogen-bond donors (Lipinski definition) is 1. The lowest BCUT2D eigenvalue weighted by molar-refractivity contribution is 0.102. The first-order chi connectivity index (χ1) is 17.0. The van der Waals surface area contributed by atoms with Crippen LogP contribution in [0.1, 0.15) is 50.0 Å². The summed E-state index contributed by atoms with van der Waals surface area (Å²) in [7, 11) is 0. The van der Waals surface area contributed by atoms with Crippen molar-refractivity contribution in [2.24, 2.45) is 0 Å². The van der Waals surface area contributed by atoms with Gasteiger partial charge in [-0.2, -0.15) is 5.10 Å². The van der Waals surface area contributed by atoms with Crippen LogP contribution >= 0.6 is 0 Å². The summed E-state index contributed by atoms with van der Waals surface area (Å²) in [4.78, 5) is 18.3. The Labute approximate surface area is 205 Å². The molecule has 1 N–H and O–H groups in total. The molecule has 1 amide bonds. The second-order valence-corrected chi connectivity index (χ2v) is 8.13. The lowest BCUT2D eigenvalue weighted by Gasteiger charge is -2.17. The van der Waals surface area contributed by atoms with Gasteiger partial charge in [0.05, 0.1) is 30.7 Å². The summed E-state index contributed by atoms with van der Waals surface area (Å²) in [6.45, 7) is 11.8. The number of aromatic nitrogens is 3. The number of anilines is 1. The zero-order valence-corrected chi connectivity index (χ0v) is 21.0. The van der Waals surface area contributed by atoms with Crippen LogP contribution in [0.25, 0.3) is 21.9 Å². The largest absolute Gasteiger partial charge is 0.490 e. The normalized spacial score (nSPS) is 11.1. The van der Waals surface area contributed by atoms with Crippen LogP contribution in [0.5, 0.6) is 17.2 Å². The fraction of sp³-hybridized carbons (Fsp3) is 0.370. The molecule has 8 nitrogen and oxygen atoms in total. The Morgan fingerprint density at radius 3 is 2.29 bits per heavy atom. The third kappa shape index (κ3) is 4.87. The summed E-state index contributed by atoms with van der Waals surface area (Å²) < 4.78 is 19.1. The smallest absolute Gasteiger partial charge is 0.257 e. The summed E-state index contributed by atoms with van der Waals surface area (Å²) >= 11 is 0. The zero-order chi connectivity index (χ0) is 24.9. The van der Waals surface area contributed by atoms with Crippen LogP contribution in [-0.4, -0.2) is 40.5 Å². The standard InChI is InChI=1S/C27H32N4O4/c1-6-13-31-26-20(14-18-12-10-11-17(5)23(18)28-26)25(30-31)29-27(32)19-15-21(33-7-2)24(35-9-4)22(16-19)34-8-3/h10-12,14-16H,6-9,13H2,1-5H3,(H,29,30,32). The molecule has 0 saturated carbocycles. The van der Waals surface area contributed by atoms with E-state index >= 15 is 0 Å². The molecule has 2 aromatic heterocycles. The van der Waals surface area contributed by atoms with Crippen LogP contribution in [0.2, 0.25) is 0 Å². The lowest BCUT2D eigenvalue weighted by Crippen LogP contribution is -2.14. The van der Waals surface area contributed by atoms with Gasteiger partial charge in [0, 0.05) is 17.5 Å². The summed E-state index contributed by atoms with van der Waals surface area (Å²) in [5.74, 6) is 1.59. The number of nitrogens with zero attached hydrogens (tertiary/aromatic N) is 3. The quantitative estimate of drug-likeness (QED) is 0.313. The first kappa shape index (κ1) is 24.3. The number of carbonyl (C=O) groups excluding carboxylic acids is 1. The van der Waals surface area contributed by atoms with E-state index in [0.717, 1.165) is 33.9 Å². The summed E-state index contributed by atoms with van der Waals surface area (Å²) in [6, 6.07) is 11.5. The molecule has 0 bridgehead atoms. The van der Waals surface area contributed by atoms with E-state index in [9.17, 15) is 4.79 Å². The number of benzene rings is 2. The molecular formula is C27H32N4O4. The second kappa shape index (κ2) is 10.6. The minimum atomic E-state index is -0.317. The average molecular weight is 477 g/mol. The van der Waals surface area contributed by atoms with Gasteiger partial charge < -0.3 is 19.5 Å². The topological polar surface area (TPSA) is 87.5 Å². The van der Waals surface area contributed by atoms with Crippen molar-refractivity contribution in [3.8, 4) is 17.2 Å². The Bertz CT molecular complexity index is 1340. The zero-order valence-electron chi connectivity index (χ0n) is 21.0. The predicted octanol–water partition coefficient (Wildman–Crippen LogP) is 5.75. The van der Waals surface area contributed by atoms with Crippen LogP contribution < -0.4 is 19.5 Å². The Morgan fingerprint density at radius 1 is 0.971 bits per heavy atom. The molecule has 0 atom stereocenters. The molecule has 0 aliphatic rings. The number of hydrogen-bond acceptors (Lipinski definition) is 6. The molecule has 4 aromatic rings. The Kier molecular flexibility index (Phi) is 7.39. The highest BCUT2D eigenvalue weighted by Crippen LogP contribution is 2.39. The maximum Gasteiger partial charge on any atom is 0.257 e. The van der Waals surface area contributed by atoms with Crippen LogP contribution in [0, 0.1) is 6.92 Å². The van der Waals surface area contributed by atoms with Gasteiger partial charge in [-0.15, -0.1) is 0 Å². The van der Waals surface area contributed by atoms with Gasteiger partial charge in [-0.3, -0.25) is 4.79 Å². The van der Waals surface area contributed by atoms with Crippen molar-refractivity contribution in [2.75, 3.05) is 25.1 Å². The number of ether oxygens (including phenoxy) is 3. The monoisotopic (exact) mass is 476 g/mol. The number of fused-ring (bicyclic) bond motifs is 2. The first-order valence-corrected chi connectivity index (χ1v) is 12.1. The van der Waals surface area contributed by atoms with Gasteiger partial charge in [-0.05, 0) is 57.9 Å². The van der Waals surface area contributed by atoms with E-state index in [0.29, 0.717) is 55.0 Å². The molecule has 0 spiro atoms. The Morgan fingerprint density at radius 2 is 1.66 bits per heavy atom. The van der Waals surface area contributed by atoms with Crippen LogP contribution in [0.3, 0.4) is 0 Å². The molecule has 0 fully saturated rings. The van der Waals surface area contributed by atoms with Gasteiger partial charge in [0.25, 0.3) is 5.91 Å². The van der Waals surface area contributed by atoms with Crippen molar-refractivity contribution in [1.29, 1.82) is 0 Å². The van der Waals surface area contributed by atoms with Crippen LogP contribution in [0.4, 0.5) is 5.82 Å². The van der Waals surface area contributed by atoms with Crippen LogP contribution in [-0.2, 0) is 6.54 Å². The molecule has 35 heavy (non-hydrogen) atoms. The summed E-state index contributed by atoms with van der Waals surface area (Å²) in [6.07, 6.45) is 0.895. The van der Waals surface area contributed by atoms with Crippen molar-refractivity contribution in [1.82, 2.24) is 14.8 Å². The van der Waals surface area contributed by atoms with Gasteiger partial charge in [0.2, 0.25) is 5.75 Å². The SMILES string of the molecule is CCCn1nc(NC(=O)c2cc(OCC)c(OCC)c(OCC)c2)c2cc3cccc(C)c3nc21. The minimum Gasteiger partial charge on any atom is -0.490 e. The third-order valence-corrected chi connectivity index (χ3v) is 5.59. The third-order valence-electron chi connectivity index (χ3n) is 5.59. The number of aryl methyl sites for hydroxylation is 2. The summed E-state index contributed by atoms with van der Waals surface area (Å²) in [5, 5.41) is 9.48. The molecule has 0 saturated heterocycles. The molecule has 2 aromatic carbocycles. The van der Waals surface area contributed by atoms with E-state index in [-0.39, 0.29) is 5.91 Å². The van der Waals surface area contributed by atoms with E-state index in [4.69, 9.17) is 24.3 Å². The Balaban J connectivity index is 1.77. The number of pyridine rings is 1. The molecule has 184 valence electrons. The Hall–Kier alpha value is -3.81. The van der Waals surface area contributed by atoms with E-state index in [1.807, 2.05) is 56.6 Å². The fourth-order valence-electron chi connectivity index (χ4n) is 4.09. The molecule has 0 aliphatic carbocycles. The van der Waals surface area contributed by atoms with Crippen molar-refractivity contribution in [3.63, 3.8) is 0 Å². The highest BCUT2D eigenvalue weighted by atomic mass is 16.5. The number of rotatable bonds is 10. The fourth-order valence-corrected chi connectivity index (χ4v) is 4.09. The predicted molar refractivity (Wildman–Crippen MR) is 138 cm³/mol. The maximum atomic E-state index is 13.4. The van der Waals surface area contributed by atoms with Gasteiger partial charge in [-0.25, -0.2) is 9.67 Å². The summed E-state index contributed by atoms with van der Waals surface area (Å²) in [5.41, 5.74) is 3.17. The van der Waals surface area contributed by atoms with Gasteiger partial charge in [-0.1, -0.05) is 25.1 Å². The van der Waals surface area contributed by atoms with Crippen molar-refractivity contribution in [3.05, 3.63) is 47.5 Å². The van der Waals surface area contributed by atoms with Crippen molar-refractivity contribution in [2.45, 2.75) is 47.6 Å².